The molecule has 1 N–H and O–H groups in total. The van der Waals surface area contributed by atoms with E-state index in [1.54, 1.807) is 14.0 Å². The second kappa shape index (κ2) is 6.79. The third-order valence-corrected chi connectivity index (χ3v) is 1.91. The van der Waals surface area contributed by atoms with Crippen LogP contribution in [-0.2, 0) is 14.3 Å². The largest absolute Gasteiger partial charge is 0.466 e. The molecule has 14 heavy (non-hydrogen) atoms. The van der Waals surface area contributed by atoms with Crippen LogP contribution in [0.15, 0.2) is 0 Å². The van der Waals surface area contributed by atoms with Crippen LogP contribution in [0, 0.1) is 0 Å². The highest BCUT2D eigenvalue weighted by molar-refractivity contribution is 5.69. The van der Waals surface area contributed by atoms with Gasteiger partial charge in [-0.2, -0.15) is 0 Å². The number of nitrogens with one attached hydrogen (secondary N) is 1. The Bertz CT molecular complexity index is 169. The lowest BCUT2D eigenvalue weighted by Crippen LogP contribution is -2.37. The number of carbonyl (C=O) groups is 1. The first-order valence-electron chi connectivity index (χ1n) is 4.93. The molecule has 0 fully saturated rings. The van der Waals surface area contributed by atoms with Crippen molar-refractivity contribution in [2.24, 2.45) is 0 Å². The van der Waals surface area contributed by atoms with Crippen LogP contribution in [-0.4, -0.2) is 38.4 Å². The lowest BCUT2D eigenvalue weighted by molar-refractivity contribution is -0.143. The van der Waals surface area contributed by atoms with Crippen molar-refractivity contribution in [3.63, 3.8) is 0 Å². The Morgan fingerprint density at radius 2 is 2.07 bits per heavy atom. The molecule has 0 aromatic rings. The molecule has 4 nitrogen and oxygen atoms in total. The summed E-state index contributed by atoms with van der Waals surface area (Å²) in [6.07, 6.45) is 0.410. The van der Waals surface area contributed by atoms with Crippen molar-refractivity contribution in [3.05, 3.63) is 0 Å². The first-order valence-corrected chi connectivity index (χ1v) is 4.93. The molecule has 0 saturated heterocycles. The van der Waals surface area contributed by atoms with Crippen LogP contribution in [0.3, 0.4) is 0 Å². The minimum absolute atomic E-state index is 0.157. The molecule has 84 valence electrons. The van der Waals surface area contributed by atoms with E-state index in [9.17, 15) is 4.79 Å². The van der Waals surface area contributed by atoms with Crippen LogP contribution < -0.4 is 5.32 Å². The Morgan fingerprint density at radius 3 is 2.57 bits per heavy atom. The van der Waals surface area contributed by atoms with Gasteiger partial charge in [0.25, 0.3) is 0 Å². The SMILES string of the molecule is CCOC(=O)CCNCC(C)(C)OC. The number of esters is 1. The predicted octanol–water partition coefficient (Wildman–Crippen LogP) is 0.954. The number of hydrogen-bond acceptors (Lipinski definition) is 4. The summed E-state index contributed by atoms with van der Waals surface area (Å²) in [4.78, 5) is 10.9. The molecule has 0 unspecified atom stereocenters. The summed E-state index contributed by atoms with van der Waals surface area (Å²) in [6, 6.07) is 0. The zero-order chi connectivity index (χ0) is 11.0. The molecule has 0 aliphatic heterocycles. The van der Waals surface area contributed by atoms with Crippen molar-refractivity contribution in [2.45, 2.75) is 32.8 Å². The molecule has 4 heteroatoms. The maximum atomic E-state index is 10.9. The summed E-state index contributed by atoms with van der Waals surface area (Å²) in [5.41, 5.74) is -0.186. The fraction of sp³-hybridized carbons (Fsp3) is 0.900. The molecule has 0 bridgehead atoms. The predicted molar refractivity (Wildman–Crippen MR) is 55.2 cm³/mol. The standard InChI is InChI=1S/C10H21NO3/c1-5-14-9(12)6-7-11-8-10(2,3)13-4/h11H,5-8H2,1-4H3. The van der Waals surface area contributed by atoms with Gasteiger partial charge in [0.1, 0.15) is 0 Å². The van der Waals surface area contributed by atoms with Crippen LogP contribution in [0.25, 0.3) is 0 Å². The summed E-state index contributed by atoms with van der Waals surface area (Å²) < 4.78 is 10.0. The normalized spacial score (nSPS) is 11.4. The highest BCUT2D eigenvalue weighted by Crippen LogP contribution is 2.04. The van der Waals surface area contributed by atoms with Gasteiger partial charge in [-0.05, 0) is 20.8 Å². The van der Waals surface area contributed by atoms with Gasteiger partial charge < -0.3 is 14.8 Å². The third kappa shape index (κ3) is 6.86. The number of carbonyl (C=O) groups excluding carboxylic acids is 1. The first kappa shape index (κ1) is 13.4. The van der Waals surface area contributed by atoms with Crippen molar-refractivity contribution < 1.29 is 14.3 Å². The van der Waals surface area contributed by atoms with E-state index < -0.39 is 0 Å². The van der Waals surface area contributed by atoms with Gasteiger partial charge in [0.2, 0.25) is 0 Å². The quantitative estimate of drug-likeness (QED) is 0.494. The Hall–Kier alpha value is -0.610. The Balaban J connectivity index is 3.42. The van der Waals surface area contributed by atoms with Gasteiger partial charge in [0.05, 0.1) is 18.6 Å². The molecular weight excluding hydrogens is 182 g/mol. The Labute approximate surface area is 86.0 Å². The molecule has 0 aliphatic rings. The topological polar surface area (TPSA) is 47.6 Å². The van der Waals surface area contributed by atoms with Gasteiger partial charge >= 0.3 is 5.97 Å². The highest BCUT2D eigenvalue weighted by atomic mass is 16.5. The van der Waals surface area contributed by atoms with Crippen molar-refractivity contribution in [3.8, 4) is 0 Å². The first-order chi connectivity index (χ1) is 6.52. The molecule has 0 amide bonds. The van der Waals surface area contributed by atoms with E-state index in [2.05, 4.69) is 5.32 Å². The van der Waals surface area contributed by atoms with E-state index in [1.165, 1.54) is 0 Å². The van der Waals surface area contributed by atoms with Crippen molar-refractivity contribution >= 4 is 5.97 Å². The zero-order valence-corrected chi connectivity index (χ0v) is 9.55. The van der Waals surface area contributed by atoms with Gasteiger partial charge in [-0.25, -0.2) is 0 Å². The summed E-state index contributed by atoms with van der Waals surface area (Å²) in [7, 11) is 1.67. The second-order valence-electron chi connectivity index (χ2n) is 3.70. The van der Waals surface area contributed by atoms with Gasteiger partial charge in [-0.1, -0.05) is 0 Å². The van der Waals surface area contributed by atoms with Crippen LogP contribution in [0.2, 0.25) is 0 Å². The fourth-order valence-electron chi connectivity index (χ4n) is 0.885. The minimum Gasteiger partial charge on any atom is -0.466 e. The molecule has 0 aliphatic carbocycles. The van der Waals surface area contributed by atoms with Crippen LogP contribution in [0.1, 0.15) is 27.2 Å². The number of ether oxygens (including phenoxy) is 2. The summed E-state index contributed by atoms with van der Waals surface area (Å²) >= 11 is 0. The molecule has 0 saturated carbocycles. The molecule has 0 aromatic heterocycles. The Morgan fingerprint density at radius 1 is 1.43 bits per heavy atom. The van der Waals surface area contributed by atoms with Crippen molar-refractivity contribution in [1.29, 1.82) is 0 Å². The van der Waals surface area contributed by atoms with Gasteiger partial charge in [0, 0.05) is 20.2 Å². The second-order valence-corrected chi connectivity index (χ2v) is 3.70. The van der Waals surface area contributed by atoms with Crippen LogP contribution >= 0.6 is 0 Å². The molecule has 0 spiro atoms. The molecular formula is C10H21NO3. The summed E-state index contributed by atoms with van der Waals surface area (Å²) in [5.74, 6) is -0.157. The molecule has 0 aromatic carbocycles. The maximum Gasteiger partial charge on any atom is 0.307 e. The molecule has 0 radical (unpaired) electrons. The number of methoxy groups -OCH3 is 1. The van der Waals surface area contributed by atoms with E-state index in [0.717, 1.165) is 6.54 Å². The summed E-state index contributed by atoms with van der Waals surface area (Å²) in [6.45, 7) is 7.59. The number of hydrogen-bond donors (Lipinski definition) is 1. The average Bonchev–Trinajstić information content (AvgIpc) is 2.13. The molecule has 0 atom stereocenters. The van der Waals surface area contributed by atoms with Gasteiger partial charge in [-0.15, -0.1) is 0 Å². The van der Waals surface area contributed by atoms with E-state index in [0.29, 0.717) is 19.6 Å². The van der Waals surface area contributed by atoms with Crippen molar-refractivity contribution in [2.75, 3.05) is 26.8 Å². The lowest BCUT2D eigenvalue weighted by atomic mass is 10.1. The monoisotopic (exact) mass is 203 g/mol. The Kier molecular flexibility index (Phi) is 6.49. The van der Waals surface area contributed by atoms with E-state index in [4.69, 9.17) is 9.47 Å². The van der Waals surface area contributed by atoms with Gasteiger partial charge in [0.15, 0.2) is 0 Å². The van der Waals surface area contributed by atoms with Gasteiger partial charge in [-0.3, -0.25) is 4.79 Å². The molecule has 0 heterocycles. The minimum atomic E-state index is -0.186. The summed E-state index contributed by atoms with van der Waals surface area (Å²) in [5, 5.41) is 3.14. The fourth-order valence-corrected chi connectivity index (χ4v) is 0.885. The van der Waals surface area contributed by atoms with E-state index in [1.807, 2.05) is 13.8 Å². The average molecular weight is 203 g/mol. The highest BCUT2D eigenvalue weighted by Gasteiger charge is 2.15. The smallest absolute Gasteiger partial charge is 0.307 e. The van der Waals surface area contributed by atoms with E-state index >= 15 is 0 Å². The number of rotatable bonds is 7. The third-order valence-electron chi connectivity index (χ3n) is 1.91. The van der Waals surface area contributed by atoms with Crippen LogP contribution in [0.5, 0.6) is 0 Å². The van der Waals surface area contributed by atoms with E-state index in [-0.39, 0.29) is 11.6 Å². The van der Waals surface area contributed by atoms with Crippen molar-refractivity contribution in [1.82, 2.24) is 5.32 Å². The molecule has 0 rings (SSSR count). The maximum absolute atomic E-state index is 10.9. The lowest BCUT2D eigenvalue weighted by Gasteiger charge is -2.23. The van der Waals surface area contributed by atoms with Crippen LogP contribution in [0.4, 0.5) is 0 Å². The zero-order valence-electron chi connectivity index (χ0n) is 9.55.